The number of aromatic amines is 2. The van der Waals surface area contributed by atoms with Crippen LogP contribution in [-0.4, -0.2) is 24.4 Å². The quantitative estimate of drug-likeness (QED) is 0.688. The van der Waals surface area contributed by atoms with E-state index >= 15 is 0 Å². The van der Waals surface area contributed by atoms with Crippen LogP contribution < -0.4 is 15.0 Å². The van der Waals surface area contributed by atoms with Crippen molar-refractivity contribution >= 4 is 11.4 Å². The van der Waals surface area contributed by atoms with Crippen LogP contribution in [0, 0.1) is 5.82 Å². The van der Waals surface area contributed by atoms with E-state index in [1.54, 1.807) is 18.2 Å². The molecule has 1 aromatic heterocycles. The summed E-state index contributed by atoms with van der Waals surface area (Å²) in [6, 6.07) is 10.7. The molecule has 0 aliphatic rings. The highest BCUT2D eigenvalue weighted by Crippen LogP contribution is 2.34. The van der Waals surface area contributed by atoms with Gasteiger partial charge in [-0.05, 0) is 42.5 Å². The number of hydrogen-bond acceptors (Lipinski definition) is 5. The Morgan fingerprint density at radius 1 is 0.920 bits per heavy atom. The zero-order chi connectivity index (χ0) is 17.8. The van der Waals surface area contributed by atoms with E-state index in [9.17, 15) is 9.18 Å². The third kappa shape index (κ3) is 3.42. The van der Waals surface area contributed by atoms with Gasteiger partial charge in [-0.25, -0.2) is 4.39 Å². The number of halogens is 1. The van der Waals surface area contributed by atoms with Crippen LogP contribution in [0.3, 0.4) is 0 Å². The average Bonchev–Trinajstić information content (AvgIpc) is 3.01. The smallest absolute Gasteiger partial charge is 0.292 e. The fourth-order valence-electron chi connectivity index (χ4n) is 2.26. The lowest BCUT2D eigenvalue weighted by atomic mass is 10.1. The van der Waals surface area contributed by atoms with Crippen LogP contribution in [0.2, 0.25) is 0 Å². The lowest BCUT2D eigenvalue weighted by Gasteiger charge is -2.08. The number of aromatic nitrogens is 2. The van der Waals surface area contributed by atoms with Crippen LogP contribution >= 0.6 is 0 Å². The highest BCUT2D eigenvalue weighted by atomic mass is 19.1. The first-order valence-corrected chi connectivity index (χ1v) is 7.32. The predicted octanol–water partition coefficient (Wildman–Crippen LogP) is 3.94. The molecule has 7 nitrogen and oxygen atoms in total. The first-order valence-electron chi connectivity index (χ1n) is 7.32. The summed E-state index contributed by atoms with van der Waals surface area (Å²) >= 11 is 0. The van der Waals surface area contributed by atoms with E-state index in [0.29, 0.717) is 28.4 Å². The van der Waals surface area contributed by atoms with Crippen molar-refractivity contribution in [2.75, 3.05) is 14.2 Å². The van der Waals surface area contributed by atoms with Crippen molar-refractivity contribution in [2.24, 2.45) is 10.2 Å². The maximum absolute atomic E-state index is 12.9. The van der Waals surface area contributed by atoms with Crippen LogP contribution in [0.1, 0.15) is 0 Å². The first-order chi connectivity index (χ1) is 12.1. The van der Waals surface area contributed by atoms with Gasteiger partial charge in [0.15, 0.2) is 17.2 Å². The van der Waals surface area contributed by atoms with Crippen molar-refractivity contribution in [1.29, 1.82) is 0 Å². The van der Waals surface area contributed by atoms with Gasteiger partial charge in [0.25, 0.3) is 5.56 Å². The van der Waals surface area contributed by atoms with Gasteiger partial charge in [-0.2, -0.15) is 5.11 Å². The largest absolute Gasteiger partial charge is 0.493 e. The number of rotatable bonds is 5. The summed E-state index contributed by atoms with van der Waals surface area (Å²) in [5.74, 6) is 0.714. The summed E-state index contributed by atoms with van der Waals surface area (Å²) in [5, 5.41) is 13.2. The summed E-state index contributed by atoms with van der Waals surface area (Å²) in [6.45, 7) is 0. The molecule has 0 bridgehead atoms. The highest BCUT2D eigenvalue weighted by molar-refractivity contribution is 5.73. The molecular formula is C17H15FN4O3. The molecule has 3 rings (SSSR count). The minimum Gasteiger partial charge on any atom is -0.493 e. The summed E-state index contributed by atoms with van der Waals surface area (Å²) in [5.41, 5.74) is 1.24. The van der Waals surface area contributed by atoms with E-state index in [-0.39, 0.29) is 11.5 Å². The van der Waals surface area contributed by atoms with Gasteiger partial charge in [0.2, 0.25) is 0 Å². The SMILES string of the molecule is COc1ccc(-c2[nH][nH]c(=O)c2N=Nc2ccc(F)cc2)cc1OC. The Morgan fingerprint density at radius 2 is 1.64 bits per heavy atom. The van der Waals surface area contributed by atoms with Crippen LogP contribution in [-0.2, 0) is 0 Å². The van der Waals surface area contributed by atoms with Crippen molar-refractivity contribution < 1.29 is 13.9 Å². The molecule has 2 N–H and O–H groups in total. The van der Waals surface area contributed by atoms with Gasteiger partial charge in [-0.3, -0.25) is 15.0 Å². The average molecular weight is 342 g/mol. The number of nitrogens with one attached hydrogen (secondary N) is 2. The molecule has 0 saturated heterocycles. The molecule has 0 aliphatic heterocycles. The zero-order valence-corrected chi connectivity index (χ0v) is 13.5. The minimum atomic E-state index is -0.421. The van der Waals surface area contributed by atoms with E-state index in [4.69, 9.17) is 9.47 Å². The van der Waals surface area contributed by atoms with Gasteiger partial charge in [-0.1, -0.05) is 0 Å². The topological polar surface area (TPSA) is 91.8 Å². The Labute approximate surface area is 142 Å². The van der Waals surface area contributed by atoms with Gasteiger partial charge in [0.05, 0.1) is 25.6 Å². The van der Waals surface area contributed by atoms with Crippen molar-refractivity contribution in [3.63, 3.8) is 0 Å². The summed E-state index contributed by atoms with van der Waals surface area (Å²) in [6.07, 6.45) is 0. The van der Waals surface area contributed by atoms with Gasteiger partial charge < -0.3 is 9.47 Å². The second-order valence-corrected chi connectivity index (χ2v) is 5.05. The molecule has 2 aromatic carbocycles. The standard InChI is InChI=1S/C17H15FN4O3/c1-24-13-8-3-10(9-14(13)25-2)15-16(17(23)22-20-15)21-19-12-6-4-11(18)5-7-12/h3-9H,1-2H3,(H2,20,22,23). The molecule has 0 fully saturated rings. The molecule has 25 heavy (non-hydrogen) atoms. The normalized spacial score (nSPS) is 11.0. The van der Waals surface area contributed by atoms with E-state index in [1.807, 2.05) is 0 Å². The van der Waals surface area contributed by atoms with Crippen LogP contribution in [0.4, 0.5) is 15.8 Å². The maximum Gasteiger partial charge on any atom is 0.292 e. The molecule has 0 unspecified atom stereocenters. The number of benzene rings is 2. The molecular weight excluding hydrogens is 327 g/mol. The van der Waals surface area contributed by atoms with Crippen LogP contribution in [0.15, 0.2) is 57.5 Å². The van der Waals surface area contributed by atoms with Gasteiger partial charge in [0, 0.05) is 5.56 Å². The van der Waals surface area contributed by atoms with E-state index < -0.39 is 5.56 Å². The Hall–Kier alpha value is -3.42. The van der Waals surface area contributed by atoms with Crippen molar-refractivity contribution in [2.45, 2.75) is 0 Å². The maximum atomic E-state index is 12.9. The minimum absolute atomic E-state index is 0.108. The molecule has 3 aromatic rings. The van der Waals surface area contributed by atoms with Gasteiger partial charge in [0.1, 0.15) is 5.82 Å². The molecule has 8 heteroatoms. The number of ether oxygens (including phenoxy) is 2. The summed E-state index contributed by atoms with van der Waals surface area (Å²) in [7, 11) is 3.06. The number of nitrogens with zero attached hydrogens (tertiary/aromatic N) is 2. The zero-order valence-electron chi connectivity index (χ0n) is 13.5. The second-order valence-electron chi connectivity index (χ2n) is 5.05. The third-order valence-electron chi connectivity index (χ3n) is 3.52. The molecule has 0 amide bonds. The number of methoxy groups -OCH3 is 2. The molecule has 0 radical (unpaired) electrons. The number of hydrogen-bond donors (Lipinski definition) is 2. The summed E-state index contributed by atoms with van der Waals surface area (Å²) < 4.78 is 23.4. The molecule has 1 heterocycles. The Kier molecular flexibility index (Phi) is 4.60. The Bertz CT molecular complexity index is 961. The van der Waals surface area contributed by atoms with E-state index in [2.05, 4.69) is 20.4 Å². The lowest BCUT2D eigenvalue weighted by molar-refractivity contribution is 0.355. The van der Waals surface area contributed by atoms with Gasteiger partial charge in [-0.15, -0.1) is 5.11 Å². The fourth-order valence-corrected chi connectivity index (χ4v) is 2.26. The highest BCUT2D eigenvalue weighted by Gasteiger charge is 2.14. The molecule has 0 spiro atoms. The van der Waals surface area contributed by atoms with Crippen LogP contribution in [0.5, 0.6) is 11.5 Å². The Morgan fingerprint density at radius 3 is 2.32 bits per heavy atom. The lowest BCUT2D eigenvalue weighted by Crippen LogP contribution is -1.96. The first kappa shape index (κ1) is 16.4. The second kappa shape index (κ2) is 7.00. The Balaban J connectivity index is 1.99. The number of azo groups is 1. The van der Waals surface area contributed by atoms with E-state index in [0.717, 1.165) is 0 Å². The molecule has 0 aliphatic carbocycles. The molecule has 0 saturated carbocycles. The fraction of sp³-hybridized carbons (Fsp3) is 0.118. The third-order valence-corrected chi connectivity index (χ3v) is 3.52. The summed E-state index contributed by atoms with van der Waals surface area (Å²) in [4.78, 5) is 12.0. The van der Waals surface area contributed by atoms with Crippen LogP contribution in [0.25, 0.3) is 11.3 Å². The monoisotopic (exact) mass is 342 g/mol. The molecule has 128 valence electrons. The van der Waals surface area contributed by atoms with Crippen molar-refractivity contribution in [1.82, 2.24) is 10.2 Å². The predicted molar refractivity (Wildman–Crippen MR) is 90.5 cm³/mol. The van der Waals surface area contributed by atoms with Gasteiger partial charge >= 0.3 is 0 Å². The van der Waals surface area contributed by atoms with Crippen molar-refractivity contribution in [3.8, 4) is 22.8 Å². The van der Waals surface area contributed by atoms with Crippen molar-refractivity contribution in [3.05, 3.63) is 58.6 Å². The molecule has 0 atom stereocenters. The number of H-pyrrole nitrogens is 2. The van der Waals surface area contributed by atoms with E-state index in [1.165, 1.54) is 38.5 Å².